The summed E-state index contributed by atoms with van der Waals surface area (Å²) in [6, 6.07) is 7.47. The van der Waals surface area contributed by atoms with Gasteiger partial charge in [0.05, 0.1) is 6.10 Å². The average Bonchev–Trinajstić information content (AvgIpc) is 2.92. The van der Waals surface area contributed by atoms with Crippen LogP contribution >= 0.6 is 0 Å². The predicted octanol–water partition coefficient (Wildman–Crippen LogP) is 2.28. The Morgan fingerprint density at radius 2 is 1.88 bits per heavy atom. The van der Waals surface area contributed by atoms with Gasteiger partial charge in [0, 0.05) is 36.4 Å². The van der Waals surface area contributed by atoms with Gasteiger partial charge in [-0.15, -0.1) is 0 Å². The van der Waals surface area contributed by atoms with E-state index in [2.05, 4.69) is 10.6 Å². The van der Waals surface area contributed by atoms with Gasteiger partial charge in [-0.25, -0.2) is 0 Å². The van der Waals surface area contributed by atoms with Crippen LogP contribution in [0.2, 0.25) is 0 Å². The zero-order chi connectivity index (χ0) is 18.8. The fourth-order valence-electron chi connectivity index (χ4n) is 2.92. The molecule has 0 fully saturated rings. The third kappa shape index (κ3) is 4.39. The molecule has 0 radical (unpaired) electrons. The smallest absolute Gasteiger partial charge is 0.313 e. The standard InChI is InChI=1S/C19H27N3O3/c1-12(2)16(23)19(3,4)11-20-17(24)18(25)21-14-7-6-13-8-9-22(5)15(13)10-14/h6-10,12,16,23H,11H2,1-5H3,(H,20,24)(H,21,25). The van der Waals surface area contributed by atoms with Crippen LogP contribution in [0.3, 0.4) is 0 Å². The Morgan fingerprint density at radius 1 is 1.20 bits per heavy atom. The highest BCUT2D eigenvalue weighted by Crippen LogP contribution is 2.25. The molecule has 3 N–H and O–H groups in total. The maximum atomic E-state index is 12.1. The molecule has 1 heterocycles. The summed E-state index contributed by atoms with van der Waals surface area (Å²) in [5.74, 6) is -1.36. The molecule has 6 nitrogen and oxygen atoms in total. The molecule has 0 saturated carbocycles. The lowest BCUT2D eigenvalue weighted by molar-refractivity contribution is -0.136. The van der Waals surface area contributed by atoms with Gasteiger partial charge < -0.3 is 20.3 Å². The van der Waals surface area contributed by atoms with Crippen LogP contribution in [0, 0.1) is 11.3 Å². The van der Waals surface area contributed by atoms with Crippen LogP contribution in [-0.4, -0.2) is 34.1 Å². The van der Waals surface area contributed by atoms with Gasteiger partial charge >= 0.3 is 11.8 Å². The summed E-state index contributed by atoms with van der Waals surface area (Å²) in [6.07, 6.45) is 1.36. The zero-order valence-corrected chi connectivity index (χ0v) is 15.5. The molecular weight excluding hydrogens is 318 g/mol. The Morgan fingerprint density at radius 3 is 2.52 bits per heavy atom. The van der Waals surface area contributed by atoms with E-state index < -0.39 is 23.3 Å². The van der Waals surface area contributed by atoms with E-state index in [1.54, 1.807) is 6.07 Å². The third-order valence-corrected chi connectivity index (χ3v) is 4.49. The van der Waals surface area contributed by atoms with Crippen LogP contribution in [0.1, 0.15) is 27.7 Å². The highest BCUT2D eigenvalue weighted by molar-refractivity contribution is 6.39. The van der Waals surface area contributed by atoms with E-state index in [9.17, 15) is 14.7 Å². The number of hydrogen-bond acceptors (Lipinski definition) is 3. The number of aliphatic hydroxyl groups is 1. The van der Waals surface area contributed by atoms with E-state index in [-0.39, 0.29) is 12.5 Å². The highest BCUT2D eigenvalue weighted by atomic mass is 16.3. The molecule has 2 amide bonds. The number of hydrogen-bond donors (Lipinski definition) is 3. The Labute approximate surface area is 148 Å². The molecular formula is C19H27N3O3. The number of benzene rings is 1. The number of carbonyl (C=O) groups excluding carboxylic acids is 2. The Kier molecular flexibility index (Phi) is 5.52. The van der Waals surface area contributed by atoms with Gasteiger partial charge in [0.25, 0.3) is 0 Å². The number of carbonyl (C=O) groups is 2. The normalized spacial score (nSPS) is 13.1. The largest absolute Gasteiger partial charge is 0.392 e. The summed E-state index contributed by atoms with van der Waals surface area (Å²) in [5, 5.41) is 16.5. The molecule has 6 heteroatoms. The van der Waals surface area contributed by atoms with Crippen molar-refractivity contribution in [2.45, 2.75) is 33.8 Å². The average molecular weight is 345 g/mol. The quantitative estimate of drug-likeness (QED) is 0.727. The number of amides is 2. The van der Waals surface area contributed by atoms with Crippen LogP contribution in [0.5, 0.6) is 0 Å². The lowest BCUT2D eigenvalue weighted by Gasteiger charge is -2.33. The molecule has 2 aromatic rings. The highest BCUT2D eigenvalue weighted by Gasteiger charge is 2.31. The van der Waals surface area contributed by atoms with Crippen molar-refractivity contribution in [2.75, 3.05) is 11.9 Å². The maximum Gasteiger partial charge on any atom is 0.313 e. The number of aryl methyl sites for hydroxylation is 1. The van der Waals surface area contributed by atoms with Crippen LogP contribution < -0.4 is 10.6 Å². The molecule has 1 aromatic heterocycles. The van der Waals surface area contributed by atoms with Crippen molar-refractivity contribution in [1.29, 1.82) is 0 Å². The van der Waals surface area contributed by atoms with Gasteiger partial charge in [-0.2, -0.15) is 0 Å². The van der Waals surface area contributed by atoms with E-state index in [1.165, 1.54) is 0 Å². The molecule has 136 valence electrons. The van der Waals surface area contributed by atoms with E-state index in [0.717, 1.165) is 10.9 Å². The number of aromatic nitrogens is 1. The van der Waals surface area contributed by atoms with Gasteiger partial charge in [-0.1, -0.05) is 33.8 Å². The van der Waals surface area contributed by atoms with Crippen LogP contribution in [0.25, 0.3) is 10.9 Å². The molecule has 0 saturated heterocycles. The summed E-state index contributed by atoms with van der Waals surface area (Å²) in [4.78, 5) is 24.2. The first kappa shape index (κ1) is 19.0. The Bertz CT molecular complexity index is 777. The maximum absolute atomic E-state index is 12.1. The second kappa shape index (κ2) is 7.27. The summed E-state index contributed by atoms with van der Waals surface area (Å²) in [5.41, 5.74) is 1.02. The predicted molar refractivity (Wildman–Crippen MR) is 99.2 cm³/mol. The third-order valence-electron chi connectivity index (χ3n) is 4.49. The lowest BCUT2D eigenvalue weighted by Crippen LogP contribution is -2.46. The van der Waals surface area contributed by atoms with Gasteiger partial charge in [0.15, 0.2) is 0 Å². The number of fused-ring (bicyclic) bond motifs is 1. The summed E-state index contributed by atoms with van der Waals surface area (Å²) < 4.78 is 1.95. The molecule has 25 heavy (non-hydrogen) atoms. The van der Waals surface area contributed by atoms with Gasteiger partial charge in [-0.3, -0.25) is 9.59 Å². The van der Waals surface area contributed by atoms with Crippen molar-refractivity contribution >= 4 is 28.4 Å². The Hall–Kier alpha value is -2.34. The zero-order valence-electron chi connectivity index (χ0n) is 15.5. The molecule has 0 aliphatic heterocycles. The van der Waals surface area contributed by atoms with E-state index >= 15 is 0 Å². The van der Waals surface area contributed by atoms with Crippen LogP contribution in [0.4, 0.5) is 5.69 Å². The van der Waals surface area contributed by atoms with Crippen molar-refractivity contribution in [3.63, 3.8) is 0 Å². The minimum Gasteiger partial charge on any atom is -0.392 e. The van der Waals surface area contributed by atoms with Crippen molar-refractivity contribution < 1.29 is 14.7 Å². The molecule has 1 atom stereocenters. The SMILES string of the molecule is CC(C)C(O)C(C)(C)CNC(=O)C(=O)Nc1ccc2ccn(C)c2c1. The second-order valence-corrected chi connectivity index (χ2v) is 7.51. The van der Waals surface area contributed by atoms with Crippen molar-refractivity contribution in [3.8, 4) is 0 Å². The van der Waals surface area contributed by atoms with Crippen molar-refractivity contribution in [3.05, 3.63) is 30.5 Å². The number of rotatable bonds is 5. The van der Waals surface area contributed by atoms with Crippen molar-refractivity contribution in [1.82, 2.24) is 9.88 Å². The monoisotopic (exact) mass is 345 g/mol. The van der Waals surface area contributed by atoms with Gasteiger partial charge in [-0.05, 0) is 29.5 Å². The Balaban J connectivity index is 1.97. The first-order chi connectivity index (χ1) is 11.6. The number of nitrogens with zero attached hydrogens (tertiary/aromatic N) is 1. The van der Waals surface area contributed by atoms with Crippen LogP contribution in [-0.2, 0) is 16.6 Å². The number of nitrogens with one attached hydrogen (secondary N) is 2. The fraction of sp³-hybridized carbons (Fsp3) is 0.474. The van der Waals surface area contributed by atoms with E-state index in [1.807, 2.05) is 63.7 Å². The first-order valence-electron chi connectivity index (χ1n) is 8.44. The summed E-state index contributed by atoms with van der Waals surface area (Å²) >= 11 is 0. The molecule has 0 aliphatic rings. The molecule has 0 bridgehead atoms. The molecule has 2 rings (SSSR count). The fourth-order valence-corrected chi connectivity index (χ4v) is 2.92. The molecule has 1 aromatic carbocycles. The molecule has 0 aliphatic carbocycles. The summed E-state index contributed by atoms with van der Waals surface area (Å²) in [7, 11) is 1.92. The first-order valence-corrected chi connectivity index (χ1v) is 8.44. The van der Waals surface area contributed by atoms with Gasteiger partial charge in [0.1, 0.15) is 0 Å². The lowest BCUT2D eigenvalue weighted by atomic mass is 9.81. The van der Waals surface area contributed by atoms with E-state index in [4.69, 9.17) is 0 Å². The summed E-state index contributed by atoms with van der Waals surface area (Å²) in [6.45, 7) is 7.77. The molecule has 0 spiro atoms. The minimum atomic E-state index is -0.719. The molecule has 1 unspecified atom stereocenters. The topological polar surface area (TPSA) is 83.4 Å². The number of aliphatic hydroxyl groups excluding tert-OH is 1. The van der Waals surface area contributed by atoms with Crippen molar-refractivity contribution in [2.24, 2.45) is 18.4 Å². The van der Waals surface area contributed by atoms with Gasteiger partial charge in [0.2, 0.25) is 0 Å². The van der Waals surface area contributed by atoms with Crippen LogP contribution in [0.15, 0.2) is 30.5 Å². The minimum absolute atomic E-state index is 0.0674. The van der Waals surface area contributed by atoms with E-state index in [0.29, 0.717) is 5.69 Å². The number of anilines is 1. The second-order valence-electron chi connectivity index (χ2n) is 7.51.